The first kappa shape index (κ1) is 23.9. The summed E-state index contributed by atoms with van der Waals surface area (Å²) in [7, 11) is 0. The van der Waals surface area contributed by atoms with Gasteiger partial charge in [-0.05, 0) is 59.8 Å². The number of aromatic nitrogens is 1. The van der Waals surface area contributed by atoms with Crippen molar-refractivity contribution in [2.24, 2.45) is 0 Å². The molecule has 2 aromatic rings. The molecule has 7 heteroatoms. The molecule has 1 aromatic carbocycles. The first-order valence-corrected chi connectivity index (χ1v) is 10.6. The van der Waals surface area contributed by atoms with Crippen LogP contribution in [0.1, 0.15) is 63.0 Å². The van der Waals surface area contributed by atoms with Gasteiger partial charge < -0.3 is 9.47 Å². The second-order valence-corrected chi connectivity index (χ2v) is 9.56. The Morgan fingerprint density at radius 1 is 0.909 bits per heavy atom. The zero-order valence-electron chi connectivity index (χ0n) is 19.7. The van der Waals surface area contributed by atoms with Crippen molar-refractivity contribution in [2.45, 2.75) is 52.7 Å². The summed E-state index contributed by atoms with van der Waals surface area (Å²) in [5.41, 5.74) is 0.877. The minimum absolute atomic E-state index is 0.336. The van der Waals surface area contributed by atoms with Crippen LogP contribution in [0.15, 0.2) is 54.9 Å². The summed E-state index contributed by atoms with van der Waals surface area (Å²) in [6, 6.07) is 8.99. The maximum Gasteiger partial charge on any atom is 0.333 e. The van der Waals surface area contributed by atoms with Gasteiger partial charge in [0.25, 0.3) is 5.91 Å². The topological polar surface area (TPSA) is 85.8 Å². The molecule has 0 aliphatic carbocycles. The molecule has 33 heavy (non-hydrogen) atoms. The van der Waals surface area contributed by atoms with E-state index in [0.29, 0.717) is 28.1 Å². The highest BCUT2D eigenvalue weighted by atomic mass is 16.6. The lowest BCUT2D eigenvalue weighted by molar-refractivity contribution is -0.149. The number of carbonyl (C=O) groups excluding carboxylic acids is 3. The molecular weight excluding hydrogens is 420 g/mol. The molecule has 1 aliphatic rings. The number of benzene rings is 1. The fourth-order valence-electron chi connectivity index (χ4n) is 3.29. The van der Waals surface area contributed by atoms with Gasteiger partial charge >= 0.3 is 11.9 Å². The molecule has 0 radical (unpaired) electrons. The van der Waals surface area contributed by atoms with Gasteiger partial charge in [0.1, 0.15) is 11.2 Å². The van der Waals surface area contributed by atoms with E-state index >= 15 is 0 Å². The second kappa shape index (κ2) is 9.02. The molecule has 0 fully saturated rings. The molecular formula is C26H28N2O5. The highest BCUT2D eigenvalue weighted by molar-refractivity contribution is 6.25. The number of rotatable bonds is 4. The van der Waals surface area contributed by atoms with Gasteiger partial charge in [0.2, 0.25) is 0 Å². The van der Waals surface area contributed by atoms with Crippen LogP contribution >= 0.6 is 0 Å². The first-order chi connectivity index (χ1) is 15.4. The van der Waals surface area contributed by atoms with E-state index in [9.17, 15) is 14.4 Å². The van der Waals surface area contributed by atoms with Crippen molar-refractivity contribution in [2.75, 3.05) is 4.90 Å². The summed E-state index contributed by atoms with van der Waals surface area (Å²) >= 11 is 0. The predicted octanol–water partition coefficient (Wildman–Crippen LogP) is 4.78. The van der Waals surface area contributed by atoms with Gasteiger partial charge in [0.05, 0.1) is 11.3 Å². The molecule has 0 atom stereocenters. The number of fused-ring (bicyclic) bond motifs is 1. The molecule has 7 nitrogen and oxygen atoms in total. The third kappa shape index (κ3) is 5.94. The Morgan fingerprint density at radius 3 is 2.12 bits per heavy atom. The smallest absolute Gasteiger partial charge is 0.333 e. The number of nitrogens with zero attached hydrogens (tertiary/aromatic N) is 2. The van der Waals surface area contributed by atoms with E-state index in [-0.39, 0.29) is 5.91 Å². The predicted molar refractivity (Wildman–Crippen MR) is 126 cm³/mol. The lowest BCUT2D eigenvalue weighted by atomic mass is 10.0. The van der Waals surface area contributed by atoms with E-state index in [1.54, 1.807) is 65.8 Å². The molecule has 0 spiro atoms. The highest BCUT2D eigenvalue weighted by Crippen LogP contribution is 2.38. The van der Waals surface area contributed by atoms with Gasteiger partial charge in [-0.25, -0.2) is 9.59 Å². The molecule has 2 heterocycles. The number of esters is 2. The lowest BCUT2D eigenvalue weighted by Crippen LogP contribution is -2.25. The lowest BCUT2D eigenvalue weighted by Gasteiger charge is -2.21. The number of hydrogen-bond donors (Lipinski definition) is 0. The summed E-state index contributed by atoms with van der Waals surface area (Å²) < 4.78 is 10.7. The van der Waals surface area contributed by atoms with Crippen molar-refractivity contribution in [3.63, 3.8) is 0 Å². The van der Waals surface area contributed by atoms with E-state index in [1.165, 1.54) is 35.5 Å². The number of amides is 1. The number of para-hydroxylation sites is 1. The average Bonchev–Trinajstić information content (AvgIpc) is 2.96. The number of pyridine rings is 1. The Morgan fingerprint density at radius 2 is 1.52 bits per heavy atom. The minimum Gasteiger partial charge on any atom is -0.457 e. The fraction of sp³-hybridized carbons (Fsp3) is 0.308. The minimum atomic E-state index is -0.687. The maximum absolute atomic E-state index is 13.5. The van der Waals surface area contributed by atoms with Crippen LogP contribution in [-0.4, -0.2) is 34.0 Å². The molecule has 1 aliphatic heterocycles. The highest BCUT2D eigenvalue weighted by Gasteiger charge is 2.36. The summed E-state index contributed by atoms with van der Waals surface area (Å²) in [6.45, 7) is 10.6. The maximum atomic E-state index is 13.5. The van der Waals surface area contributed by atoms with Crippen molar-refractivity contribution in [3.05, 3.63) is 71.6 Å². The monoisotopic (exact) mass is 448 g/mol. The quantitative estimate of drug-likeness (QED) is 0.494. The van der Waals surface area contributed by atoms with Crippen molar-refractivity contribution < 1.29 is 23.9 Å². The van der Waals surface area contributed by atoms with E-state index in [0.717, 1.165) is 0 Å². The third-order valence-corrected chi connectivity index (χ3v) is 4.39. The van der Waals surface area contributed by atoms with Crippen LogP contribution in [0.25, 0.3) is 11.8 Å². The van der Waals surface area contributed by atoms with Crippen LogP contribution in [0.3, 0.4) is 0 Å². The molecule has 172 valence electrons. The number of ether oxygens (including phenoxy) is 2. The van der Waals surface area contributed by atoms with Crippen molar-refractivity contribution in [1.29, 1.82) is 0 Å². The van der Waals surface area contributed by atoms with Gasteiger partial charge in [-0.2, -0.15) is 0 Å². The number of anilines is 1. The summed E-state index contributed by atoms with van der Waals surface area (Å²) in [6.07, 6.45) is 7.08. The van der Waals surface area contributed by atoms with Crippen LogP contribution in [0.4, 0.5) is 5.69 Å². The van der Waals surface area contributed by atoms with E-state index < -0.39 is 23.1 Å². The zero-order chi connectivity index (χ0) is 24.4. The first-order valence-electron chi connectivity index (χ1n) is 10.6. The Kier molecular flexibility index (Phi) is 6.53. The van der Waals surface area contributed by atoms with Crippen molar-refractivity contribution in [1.82, 2.24) is 4.98 Å². The molecule has 1 aromatic heterocycles. The third-order valence-electron chi connectivity index (χ3n) is 4.39. The Balaban J connectivity index is 2.08. The summed E-state index contributed by atoms with van der Waals surface area (Å²) in [5.74, 6) is -1.44. The van der Waals surface area contributed by atoms with Crippen LogP contribution in [-0.2, 0) is 19.1 Å². The normalized spacial score (nSPS) is 15.2. The van der Waals surface area contributed by atoms with E-state index in [2.05, 4.69) is 4.98 Å². The van der Waals surface area contributed by atoms with Gasteiger partial charge in [-0.1, -0.05) is 18.2 Å². The Labute approximate surface area is 193 Å². The second-order valence-electron chi connectivity index (χ2n) is 9.56. The number of hydrogen-bond acceptors (Lipinski definition) is 6. The molecule has 1 amide bonds. The molecule has 3 rings (SSSR count). The zero-order valence-corrected chi connectivity index (χ0v) is 19.7. The van der Waals surface area contributed by atoms with Crippen LogP contribution < -0.4 is 4.90 Å². The summed E-state index contributed by atoms with van der Waals surface area (Å²) in [4.78, 5) is 44.0. The number of carbonyl (C=O) groups is 3. The SMILES string of the molecule is CC(C)(C)OC(=O)/C=C/c1cncc2c1C(=O)N(c1ccccc1)/C2=C/C(=O)OC(C)(C)C. The van der Waals surface area contributed by atoms with Gasteiger partial charge in [-0.3, -0.25) is 14.7 Å². The Hall–Kier alpha value is -3.74. The molecule has 0 unspecified atom stereocenters. The summed E-state index contributed by atoms with van der Waals surface area (Å²) in [5, 5.41) is 0. The largest absolute Gasteiger partial charge is 0.457 e. The standard InChI is InChI=1S/C26H28N2O5/c1-25(2,3)32-21(29)13-12-17-15-27-16-19-20(14-22(30)33-26(4,5)6)28(24(31)23(17)19)18-10-8-7-9-11-18/h7-16H,1-6H3/b13-12+,20-14+. The molecule has 0 saturated heterocycles. The van der Waals surface area contributed by atoms with E-state index in [4.69, 9.17) is 9.47 Å². The van der Waals surface area contributed by atoms with Gasteiger partial charge in [-0.15, -0.1) is 0 Å². The van der Waals surface area contributed by atoms with Gasteiger partial charge in [0, 0.05) is 41.4 Å². The van der Waals surface area contributed by atoms with Gasteiger partial charge in [0.15, 0.2) is 0 Å². The molecule has 0 bridgehead atoms. The molecule has 0 N–H and O–H groups in total. The van der Waals surface area contributed by atoms with Crippen LogP contribution in [0.5, 0.6) is 0 Å². The fourth-order valence-corrected chi connectivity index (χ4v) is 3.29. The van der Waals surface area contributed by atoms with Crippen molar-refractivity contribution >= 4 is 35.3 Å². The van der Waals surface area contributed by atoms with Crippen LogP contribution in [0.2, 0.25) is 0 Å². The van der Waals surface area contributed by atoms with Crippen molar-refractivity contribution in [3.8, 4) is 0 Å². The van der Waals surface area contributed by atoms with E-state index in [1.807, 2.05) is 6.07 Å². The average molecular weight is 449 g/mol. The molecule has 0 saturated carbocycles. The van der Waals surface area contributed by atoms with Crippen LogP contribution in [0, 0.1) is 0 Å². The Bertz CT molecular complexity index is 1140.